The summed E-state index contributed by atoms with van der Waals surface area (Å²) in [4.78, 5) is 13.6. The highest BCUT2D eigenvalue weighted by Gasteiger charge is 2.42. The molecule has 2 fully saturated rings. The Morgan fingerprint density at radius 2 is 1.65 bits per heavy atom. The van der Waals surface area contributed by atoms with Crippen LogP contribution in [0.4, 0.5) is 5.69 Å². The van der Waals surface area contributed by atoms with Gasteiger partial charge in [-0.15, -0.1) is 0 Å². The van der Waals surface area contributed by atoms with Crippen LogP contribution in [0.15, 0.2) is 53.4 Å². The number of hydrogen-bond acceptors (Lipinski definition) is 4. The van der Waals surface area contributed by atoms with E-state index in [1.165, 1.54) is 17.5 Å². The third kappa shape index (κ3) is 4.21. The third-order valence-corrected chi connectivity index (χ3v) is 8.49. The van der Waals surface area contributed by atoms with Crippen LogP contribution in [0.1, 0.15) is 50.5 Å². The molecule has 1 amide bonds. The molecule has 6 nitrogen and oxygen atoms in total. The van der Waals surface area contributed by atoms with E-state index in [1.807, 2.05) is 30.3 Å². The Hall–Kier alpha value is -2.38. The molecule has 7 heteroatoms. The molecule has 0 unspecified atom stereocenters. The fraction of sp³-hybridized carbons (Fsp3) is 0.458. The number of amides is 1. The number of benzene rings is 2. The molecule has 1 saturated carbocycles. The smallest absolute Gasteiger partial charge is 0.246 e. The lowest BCUT2D eigenvalue weighted by atomic mass is 9.78. The van der Waals surface area contributed by atoms with Crippen LogP contribution in [-0.4, -0.2) is 38.8 Å². The fourth-order valence-electron chi connectivity index (χ4n) is 4.83. The van der Waals surface area contributed by atoms with Crippen LogP contribution in [-0.2, 0) is 20.2 Å². The number of hydrogen-bond donors (Lipinski definition) is 1. The first-order valence-electron chi connectivity index (χ1n) is 11.0. The summed E-state index contributed by atoms with van der Waals surface area (Å²) >= 11 is 0. The minimum Gasteiger partial charge on any atom is -0.495 e. The summed E-state index contributed by atoms with van der Waals surface area (Å²) in [5.74, 6) is 0.213. The van der Waals surface area contributed by atoms with Crippen molar-refractivity contribution in [3.05, 3.63) is 54.1 Å². The second-order valence-corrected chi connectivity index (χ2v) is 10.3. The van der Waals surface area contributed by atoms with E-state index in [-0.39, 0.29) is 10.8 Å². The topological polar surface area (TPSA) is 75.7 Å². The molecule has 0 atom stereocenters. The van der Waals surface area contributed by atoms with Gasteiger partial charge in [0.1, 0.15) is 10.6 Å². The number of anilines is 1. The number of sulfonamides is 1. The first kappa shape index (κ1) is 21.8. The van der Waals surface area contributed by atoms with Gasteiger partial charge in [-0.1, -0.05) is 49.6 Å². The Kier molecular flexibility index (Phi) is 6.34. The summed E-state index contributed by atoms with van der Waals surface area (Å²) in [6, 6.07) is 14.7. The van der Waals surface area contributed by atoms with Crippen molar-refractivity contribution < 1.29 is 17.9 Å². The quantitative estimate of drug-likeness (QED) is 0.723. The lowest BCUT2D eigenvalue weighted by molar-refractivity contribution is -0.121. The van der Waals surface area contributed by atoms with Crippen LogP contribution >= 0.6 is 0 Å². The van der Waals surface area contributed by atoms with Gasteiger partial charge in [-0.05, 0) is 49.4 Å². The molecule has 0 radical (unpaired) electrons. The zero-order valence-corrected chi connectivity index (χ0v) is 18.8. The minimum atomic E-state index is -3.69. The number of rotatable bonds is 6. The van der Waals surface area contributed by atoms with E-state index in [9.17, 15) is 13.2 Å². The number of ether oxygens (including phenoxy) is 1. The predicted molar refractivity (Wildman–Crippen MR) is 121 cm³/mol. The maximum absolute atomic E-state index is 13.5. The van der Waals surface area contributed by atoms with Crippen LogP contribution in [0.5, 0.6) is 5.75 Å². The van der Waals surface area contributed by atoms with Gasteiger partial charge in [0, 0.05) is 18.8 Å². The summed E-state index contributed by atoms with van der Waals surface area (Å²) in [5.41, 5.74) is 0.913. The van der Waals surface area contributed by atoms with Crippen molar-refractivity contribution in [2.75, 3.05) is 25.5 Å². The largest absolute Gasteiger partial charge is 0.495 e. The summed E-state index contributed by atoms with van der Waals surface area (Å²) in [6.07, 6.45) is 6.34. The average Bonchev–Trinajstić information content (AvgIpc) is 3.32. The number of methoxy groups -OCH3 is 1. The SMILES string of the molecule is COc1ccc(NC(=O)C2(c3ccccc3)CCCC2)cc1S(=O)(=O)N1CCCCC1. The summed E-state index contributed by atoms with van der Waals surface area (Å²) in [6.45, 7) is 1.03. The van der Waals surface area contributed by atoms with Crippen molar-refractivity contribution in [1.82, 2.24) is 4.31 Å². The molecular weight excluding hydrogens is 412 g/mol. The lowest BCUT2D eigenvalue weighted by Gasteiger charge is -2.29. The molecular formula is C24H30N2O4S. The first-order valence-corrected chi connectivity index (χ1v) is 12.5. The van der Waals surface area contributed by atoms with Crippen LogP contribution in [0.2, 0.25) is 0 Å². The molecule has 1 N–H and O–H groups in total. The van der Waals surface area contributed by atoms with Crippen molar-refractivity contribution in [2.45, 2.75) is 55.3 Å². The molecule has 1 saturated heterocycles. The molecule has 4 rings (SSSR count). The fourth-order valence-corrected chi connectivity index (χ4v) is 6.53. The van der Waals surface area contributed by atoms with E-state index in [4.69, 9.17) is 4.74 Å². The zero-order valence-electron chi connectivity index (χ0n) is 18.0. The highest BCUT2D eigenvalue weighted by atomic mass is 32.2. The van der Waals surface area contributed by atoms with Gasteiger partial charge in [0.05, 0.1) is 12.5 Å². The summed E-state index contributed by atoms with van der Waals surface area (Å²) in [5, 5.41) is 3.01. The Labute approximate surface area is 184 Å². The monoisotopic (exact) mass is 442 g/mol. The summed E-state index contributed by atoms with van der Waals surface area (Å²) in [7, 11) is -2.23. The molecule has 2 aromatic carbocycles. The van der Waals surface area contributed by atoms with Crippen molar-refractivity contribution in [1.29, 1.82) is 0 Å². The van der Waals surface area contributed by atoms with Crippen molar-refractivity contribution in [3.63, 3.8) is 0 Å². The van der Waals surface area contributed by atoms with Crippen molar-refractivity contribution in [2.24, 2.45) is 0 Å². The van der Waals surface area contributed by atoms with E-state index in [2.05, 4.69) is 5.32 Å². The van der Waals surface area contributed by atoms with Gasteiger partial charge in [-0.3, -0.25) is 4.79 Å². The Bertz CT molecular complexity index is 1020. The molecule has 1 aliphatic heterocycles. The van der Waals surface area contributed by atoms with Crippen LogP contribution in [0.25, 0.3) is 0 Å². The van der Waals surface area contributed by atoms with E-state index in [0.29, 0.717) is 24.5 Å². The number of carbonyl (C=O) groups excluding carboxylic acids is 1. The highest BCUT2D eigenvalue weighted by Crippen LogP contribution is 2.42. The van der Waals surface area contributed by atoms with Crippen molar-refractivity contribution in [3.8, 4) is 5.75 Å². The molecule has 2 aromatic rings. The number of piperidine rings is 1. The van der Waals surface area contributed by atoms with Crippen LogP contribution < -0.4 is 10.1 Å². The minimum absolute atomic E-state index is 0.0808. The molecule has 0 spiro atoms. The molecule has 0 bridgehead atoms. The molecule has 1 heterocycles. The standard InChI is InChI=1S/C24H30N2O4S/c1-30-21-13-12-20(18-22(21)31(28,29)26-16-8-3-9-17-26)25-23(27)24(14-6-7-15-24)19-10-4-2-5-11-19/h2,4-5,10-13,18H,3,6-9,14-17H2,1H3,(H,25,27). The van der Waals surface area contributed by atoms with Gasteiger partial charge < -0.3 is 10.1 Å². The van der Waals surface area contributed by atoms with Gasteiger partial charge >= 0.3 is 0 Å². The Balaban J connectivity index is 1.65. The maximum Gasteiger partial charge on any atom is 0.246 e. The second-order valence-electron chi connectivity index (χ2n) is 8.44. The van der Waals surface area contributed by atoms with Gasteiger partial charge in [0.25, 0.3) is 0 Å². The normalized spacial score (nSPS) is 19.1. The average molecular weight is 443 g/mol. The van der Waals surface area contributed by atoms with Gasteiger partial charge in [-0.25, -0.2) is 8.42 Å². The lowest BCUT2D eigenvalue weighted by Crippen LogP contribution is -2.38. The molecule has 31 heavy (non-hydrogen) atoms. The third-order valence-electron chi connectivity index (χ3n) is 6.57. The van der Waals surface area contributed by atoms with E-state index in [1.54, 1.807) is 12.1 Å². The Morgan fingerprint density at radius 1 is 0.968 bits per heavy atom. The zero-order chi connectivity index (χ0) is 21.9. The number of nitrogens with zero attached hydrogens (tertiary/aromatic N) is 1. The molecule has 2 aliphatic rings. The van der Waals surface area contributed by atoms with Gasteiger partial charge in [-0.2, -0.15) is 4.31 Å². The van der Waals surface area contributed by atoms with Crippen LogP contribution in [0.3, 0.4) is 0 Å². The Morgan fingerprint density at radius 3 is 2.29 bits per heavy atom. The molecule has 166 valence electrons. The second kappa shape index (κ2) is 9.01. The first-order chi connectivity index (χ1) is 15.0. The van der Waals surface area contributed by atoms with E-state index >= 15 is 0 Å². The maximum atomic E-state index is 13.5. The number of carbonyl (C=O) groups is 1. The predicted octanol–water partition coefficient (Wildman–Crippen LogP) is 4.32. The van der Waals surface area contributed by atoms with E-state index in [0.717, 1.165) is 50.5 Å². The van der Waals surface area contributed by atoms with Gasteiger partial charge in [0.15, 0.2) is 0 Å². The highest BCUT2D eigenvalue weighted by molar-refractivity contribution is 7.89. The molecule has 1 aliphatic carbocycles. The molecule has 0 aromatic heterocycles. The van der Waals surface area contributed by atoms with E-state index < -0.39 is 15.4 Å². The van der Waals surface area contributed by atoms with Gasteiger partial charge in [0.2, 0.25) is 15.9 Å². The summed E-state index contributed by atoms with van der Waals surface area (Å²) < 4.78 is 33.4. The number of nitrogens with one attached hydrogen (secondary N) is 1. The van der Waals surface area contributed by atoms with Crippen LogP contribution in [0, 0.1) is 0 Å². The van der Waals surface area contributed by atoms with Crippen molar-refractivity contribution >= 4 is 21.6 Å².